The second-order valence-corrected chi connectivity index (χ2v) is 10.8. The number of phenols is 1. The summed E-state index contributed by atoms with van der Waals surface area (Å²) in [6.45, 7) is 6.19. The SMILES string of the molecule is Cc1[nH]n(-c2ccc3c(c2)C(C)(C)CC3)c(=O)c1N=Nc1cccc(C2CC=C(C(=O)O)S2)c1O. The fraction of sp³-hybridized carbons (Fsp3) is 0.308. The molecule has 1 unspecified atom stereocenters. The Bertz CT molecular complexity index is 1460. The molecule has 0 fully saturated rings. The van der Waals surface area contributed by atoms with Crippen molar-refractivity contribution in [2.75, 3.05) is 0 Å². The molecule has 1 aromatic heterocycles. The predicted octanol–water partition coefficient (Wildman–Crippen LogP) is 5.97. The Balaban J connectivity index is 1.44. The number of azo groups is 1. The van der Waals surface area contributed by atoms with Crippen LogP contribution in [0.2, 0.25) is 0 Å². The molecule has 8 nitrogen and oxygen atoms in total. The molecular formula is C26H26N4O4S. The zero-order valence-electron chi connectivity index (χ0n) is 19.7. The van der Waals surface area contributed by atoms with E-state index < -0.39 is 5.97 Å². The number of allylic oxidation sites excluding steroid dienone is 1. The molecule has 2 heterocycles. The van der Waals surface area contributed by atoms with Crippen molar-refractivity contribution in [2.24, 2.45) is 10.2 Å². The van der Waals surface area contributed by atoms with Gasteiger partial charge in [-0.3, -0.25) is 9.89 Å². The normalized spacial score (nSPS) is 18.7. The molecule has 9 heteroatoms. The number of aliphatic carboxylic acids is 1. The number of carbonyl (C=O) groups is 1. The summed E-state index contributed by atoms with van der Waals surface area (Å²) in [6, 6.07) is 11.2. The highest BCUT2D eigenvalue weighted by Gasteiger charge is 2.30. The van der Waals surface area contributed by atoms with Crippen LogP contribution in [0.15, 0.2) is 62.4 Å². The molecule has 0 saturated heterocycles. The first kappa shape index (κ1) is 23.2. The number of aromatic hydroxyl groups is 1. The van der Waals surface area contributed by atoms with E-state index in [2.05, 4.69) is 41.3 Å². The Morgan fingerprint density at radius 1 is 1.23 bits per heavy atom. The summed E-state index contributed by atoms with van der Waals surface area (Å²) >= 11 is 1.19. The van der Waals surface area contributed by atoms with Crippen molar-refractivity contribution >= 4 is 29.1 Å². The number of benzene rings is 2. The average molecular weight is 491 g/mol. The molecule has 0 bridgehead atoms. The molecule has 3 N–H and O–H groups in total. The number of aromatic nitrogens is 2. The fourth-order valence-corrected chi connectivity index (χ4v) is 5.86. The number of nitrogens with zero attached hydrogens (tertiary/aromatic N) is 3. The quantitative estimate of drug-likeness (QED) is 0.381. The van der Waals surface area contributed by atoms with Crippen molar-refractivity contribution in [3.63, 3.8) is 0 Å². The van der Waals surface area contributed by atoms with E-state index in [0.29, 0.717) is 17.7 Å². The van der Waals surface area contributed by atoms with Crippen LogP contribution in [0.5, 0.6) is 5.75 Å². The number of aromatic amines is 1. The Labute approximate surface area is 206 Å². The summed E-state index contributed by atoms with van der Waals surface area (Å²) < 4.78 is 1.48. The van der Waals surface area contributed by atoms with Crippen LogP contribution < -0.4 is 5.56 Å². The van der Waals surface area contributed by atoms with E-state index in [1.807, 2.05) is 6.07 Å². The van der Waals surface area contributed by atoms with Gasteiger partial charge in [-0.15, -0.1) is 22.0 Å². The van der Waals surface area contributed by atoms with Gasteiger partial charge in [-0.2, -0.15) is 0 Å². The first-order valence-corrected chi connectivity index (χ1v) is 12.3. The number of para-hydroxylation sites is 1. The lowest BCUT2D eigenvalue weighted by atomic mass is 9.86. The van der Waals surface area contributed by atoms with Gasteiger partial charge in [0.1, 0.15) is 11.4 Å². The molecule has 180 valence electrons. The number of carboxylic acid groups (broad SMARTS) is 1. The summed E-state index contributed by atoms with van der Waals surface area (Å²) in [4.78, 5) is 24.7. The van der Waals surface area contributed by atoms with Crippen molar-refractivity contribution in [2.45, 2.75) is 50.7 Å². The topological polar surface area (TPSA) is 120 Å². The van der Waals surface area contributed by atoms with E-state index in [9.17, 15) is 19.8 Å². The number of carboxylic acids is 1. The molecule has 2 aliphatic rings. The number of nitrogens with one attached hydrogen (secondary N) is 1. The molecule has 5 rings (SSSR count). The van der Waals surface area contributed by atoms with Gasteiger partial charge in [-0.25, -0.2) is 9.48 Å². The third-order valence-electron chi connectivity index (χ3n) is 6.79. The summed E-state index contributed by atoms with van der Waals surface area (Å²) in [5, 5.41) is 31.2. The van der Waals surface area contributed by atoms with Crippen LogP contribution in [0.1, 0.15) is 54.3 Å². The minimum absolute atomic E-state index is 0.0665. The van der Waals surface area contributed by atoms with Gasteiger partial charge in [0, 0.05) is 10.8 Å². The molecule has 35 heavy (non-hydrogen) atoms. The maximum atomic E-state index is 13.2. The smallest absolute Gasteiger partial charge is 0.341 e. The number of thioether (sulfide) groups is 1. The van der Waals surface area contributed by atoms with Crippen LogP contribution in [0.4, 0.5) is 11.4 Å². The maximum Gasteiger partial charge on any atom is 0.341 e. The number of hydrogen-bond acceptors (Lipinski definition) is 6. The molecule has 1 atom stereocenters. The molecule has 0 radical (unpaired) electrons. The second kappa shape index (κ2) is 8.57. The molecule has 1 aliphatic heterocycles. The highest BCUT2D eigenvalue weighted by molar-refractivity contribution is 8.04. The van der Waals surface area contributed by atoms with Crippen LogP contribution in [0.25, 0.3) is 5.69 Å². The number of aryl methyl sites for hydroxylation is 2. The Kier molecular flexibility index (Phi) is 5.67. The molecule has 1 aliphatic carbocycles. The van der Waals surface area contributed by atoms with Gasteiger partial charge in [0.15, 0.2) is 5.69 Å². The Hall–Kier alpha value is -3.59. The third-order valence-corrected chi connectivity index (χ3v) is 8.11. The number of H-pyrrole nitrogens is 1. The van der Waals surface area contributed by atoms with E-state index >= 15 is 0 Å². The minimum atomic E-state index is -0.973. The van der Waals surface area contributed by atoms with Crippen LogP contribution >= 0.6 is 11.8 Å². The molecule has 2 aromatic carbocycles. The molecule has 3 aromatic rings. The molecule has 0 spiro atoms. The maximum absolute atomic E-state index is 13.2. The zero-order valence-corrected chi connectivity index (χ0v) is 20.5. The van der Waals surface area contributed by atoms with E-state index in [0.717, 1.165) is 18.5 Å². The summed E-state index contributed by atoms with van der Waals surface area (Å²) in [7, 11) is 0. The lowest BCUT2D eigenvalue weighted by molar-refractivity contribution is -0.131. The van der Waals surface area contributed by atoms with Crippen molar-refractivity contribution in [1.29, 1.82) is 0 Å². The van der Waals surface area contributed by atoms with Gasteiger partial charge in [0.25, 0.3) is 5.56 Å². The van der Waals surface area contributed by atoms with Gasteiger partial charge >= 0.3 is 5.97 Å². The van der Waals surface area contributed by atoms with E-state index in [1.165, 1.54) is 27.6 Å². The van der Waals surface area contributed by atoms with E-state index in [4.69, 9.17) is 0 Å². The van der Waals surface area contributed by atoms with Crippen LogP contribution in [0.3, 0.4) is 0 Å². The lowest BCUT2D eigenvalue weighted by Gasteiger charge is -2.19. The third kappa shape index (κ3) is 4.10. The number of phenolic OH excluding ortho intramolecular Hbond substituents is 1. The lowest BCUT2D eigenvalue weighted by Crippen LogP contribution is -2.16. The van der Waals surface area contributed by atoms with Gasteiger partial charge in [0.2, 0.25) is 0 Å². The summed E-state index contributed by atoms with van der Waals surface area (Å²) in [5.41, 5.74) is 4.61. The average Bonchev–Trinajstić information content (AvgIpc) is 3.50. The van der Waals surface area contributed by atoms with Crippen LogP contribution in [-0.2, 0) is 16.6 Å². The summed E-state index contributed by atoms with van der Waals surface area (Å²) in [5.74, 6) is -1.04. The monoisotopic (exact) mass is 490 g/mol. The largest absolute Gasteiger partial charge is 0.505 e. The van der Waals surface area contributed by atoms with Gasteiger partial charge in [-0.05, 0) is 60.9 Å². The number of fused-ring (bicyclic) bond motifs is 1. The molecular weight excluding hydrogens is 464 g/mol. The van der Waals surface area contributed by atoms with Crippen LogP contribution in [0, 0.1) is 6.92 Å². The van der Waals surface area contributed by atoms with Crippen molar-refractivity contribution in [1.82, 2.24) is 9.78 Å². The fourth-order valence-electron chi connectivity index (χ4n) is 4.76. The van der Waals surface area contributed by atoms with Gasteiger partial charge in [0.05, 0.1) is 16.3 Å². The highest BCUT2D eigenvalue weighted by atomic mass is 32.2. The first-order chi connectivity index (χ1) is 16.7. The van der Waals surface area contributed by atoms with Gasteiger partial charge < -0.3 is 10.2 Å². The van der Waals surface area contributed by atoms with E-state index in [-0.39, 0.29) is 38.3 Å². The van der Waals surface area contributed by atoms with E-state index in [1.54, 1.807) is 31.2 Å². The van der Waals surface area contributed by atoms with Crippen molar-refractivity contribution in [3.8, 4) is 11.4 Å². The van der Waals surface area contributed by atoms with Crippen molar-refractivity contribution in [3.05, 3.63) is 80.1 Å². The zero-order chi connectivity index (χ0) is 24.9. The number of rotatable bonds is 5. The second-order valence-electron chi connectivity index (χ2n) is 9.58. The Morgan fingerprint density at radius 3 is 2.77 bits per heavy atom. The van der Waals surface area contributed by atoms with Gasteiger partial charge in [-0.1, -0.05) is 38.1 Å². The first-order valence-electron chi connectivity index (χ1n) is 11.4. The standard InChI is InChI=1S/C26H26N4O4S/c1-14-22(24(32)30(29-14)16-8-7-15-11-12-26(2,3)18(15)13-16)28-27-19-6-4-5-17(23(19)31)20-9-10-21(35-20)25(33)34/h4-8,10,13,20,29,31H,9,11-12H2,1-3H3,(H,33,34). The molecule has 0 amide bonds. The Morgan fingerprint density at radius 2 is 2.03 bits per heavy atom. The van der Waals surface area contributed by atoms with Crippen molar-refractivity contribution < 1.29 is 15.0 Å². The molecule has 0 saturated carbocycles. The highest BCUT2D eigenvalue weighted by Crippen LogP contribution is 2.48. The minimum Gasteiger partial charge on any atom is -0.505 e. The number of hydrogen-bond donors (Lipinski definition) is 3. The predicted molar refractivity (Wildman–Crippen MR) is 135 cm³/mol. The summed E-state index contributed by atoms with van der Waals surface area (Å²) in [6.07, 6.45) is 4.27. The van der Waals surface area contributed by atoms with Crippen LogP contribution in [-0.4, -0.2) is 26.0 Å².